The van der Waals surface area contributed by atoms with Crippen molar-refractivity contribution >= 4 is 38.7 Å². The quantitative estimate of drug-likeness (QED) is 0.167. The molecule has 0 aromatic heterocycles. The molecule has 1 atom stereocenters. The van der Waals surface area contributed by atoms with Crippen LogP contribution in [0.4, 0.5) is 5.69 Å². The van der Waals surface area contributed by atoms with Gasteiger partial charge in [-0.05, 0) is 98.9 Å². The molecule has 0 saturated heterocycles. The standard InChI is InChI=1S/C31H37N3O4S/c1-22(25-15-19-29(20-16-25)39(3,37)38)7-4-8-23(2)33-31(32)34-28-17-13-27(14-18-28)26-11-5-9-24(10-6-12-26)21-30(35)36/h4,7-9,13-20,26H,5-6,10-12,21H2,1-3H3,(H2,32,34)(H,35,36)/b8-4-,22-7+,24-9+,33-23?. The number of rotatable bonds is 8. The monoisotopic (exact) mass is 547 g/mol. The molecule has 0 bridgehead atoms. The van der Waals surface area contributed by atoms with E-state index in [0.717, 1.165) is 54.5 Å². The first-order chi connectivity index (χ1) is 18.5. The maximum absolute atomic E-state index is 11.6. The van der Waals surface area contributed by atoms with Gasteiger partial charge < -0.3 is 10.8 Å². The second kappa shape index (κ2) is 13.8. The van der Waals surface area contributed by atoms with Gasteiger partial charge in [0.25, 0.3) is 0 Å². The number of hydrogen-bond acceptors (Lipinski definition) is 4. The van der Waals surface area contributed by atoms with Gasteiger partial charge in [0.15, 0.2) is 9.84 Å². The number of allylic oxidation sites excluding steroid dienone is 5. The van der Waals surface area contributed by atoms with Gasteiger partial charge in [0, 0.05) is 12.0 Å². The maximum atomic E-state index is 11.6. The lowest BCUT2D eigenvalue weighted by Gasteiger charge is -2.20. The van der Waals surface area contributed by atoms with Crippen molar-refractivity contribution in [3.8, 4) is 0 Å². The fraction of sp³-hybridized carbons (Fsp3) is 0.323. The topological polar surface area (TPSA) is 122 Å². The van der Waals surface area contributed by atoms with Crippen LogP contribution in [0.15, 0.2) is 93.3 Å². The largest absolute Gasteiger partial charge is 0.481 e. The van der Waals surface area contributed by atoms with E-state index >= 15 is 0 Å². The van der Waals surface area contributed by atoms with Crippen molar-refractivity contribution < 1.29 is 18.3 Å². The molecule has 1 unspecified atom stereocenters. The Hall–Kier alpha value is -3.78. The van der Waals surface area contributed by atoms with E-state index in [-0.39, 0.29) is 12.4 Å². The van der Waals surface area contributed by atoms with Crippen LogP contribution in [0.3, 0.4) is 0 Å². The number of aliphatic imine (C=N–C) groups is 2. The van der Waals surface area contributed by atoms with Crippen LogP contribution in [0.5, 0.6) is 0 Å². The molecule has 0 amide bonds. The minimum Gasteiger partial charge on any atom is -0.481 e. The first kappa shape index (κ1) is 29.8. The van der Waals surface area contributed by atoms with Crippen molar-refractivity contribution in [2.75, 3.05) is 6.26 Å². The third kappa shape index (κ3) is 9.80. The number of hydrogen-bond donors (Lipinski definition) is 2. The zero-order valence-corrected chi connectivity index (χ0v) is 23.6. The zero-order valence-electron chi connectivity index (χ0n) is 22.8. The van der Waals surface area contributed by atoms with Gasteiger partial charge in [-0.2, -0.15) is 0 Å². The van der Waals surface area contributed by atoms with Gasteiger partial charge in [0.2, 0.25) is 5.96 Å². The Balaban J connectivity index is 1.59. The molecule has 0 fully saturated rings. The smallest absolute Gasteiger partial charge is 0.307 e. The molecule has 2 aromatic carbocycles. The number of carboxylic acid groups (broad SMARTS) is 1. The lowest BCUT2D eigenvalue weighted by molar-refractivity contribution is -0.136. The maximum Gasteiger partial charge on any atom is 0.307 e. The molecule has 2 aromatic rings. The predicted octanol–water partition coefficient (Wildman–Crippen LogP) is 6.61. The van der Waals surface area contributed by atoms with E-state index in [1.807, 2.05) is 44.2 Å². The van der Waals surface area contributed by atoms with Crippen molar-refractivity contribution in [2.45, 2.75) is 63.2 Å². The van der Waals surface area contributed by atoms with Gasteiger partial charge in [-0.25, -0.2) is 18.4 Å². The average molecular weight is 548 g/mol. The first-order valence-corrected chi connectivity index (χ1v) is 14.9. The summed E-state index contributed by atoms with van der Waals surface area (Å²) in [6, 6.07) is 14.9. The SMILES string of the molecule is CC(/C=C\C=C(/C)c1ccc(S(C)(=O)=O)cc1)=NC(N)=Nc1ccc(C2CC/C=C(/CC(=O)O)CCC2)cc1. The fourth-order valence-corrected chi connectivity index (χ4v) is 5.22. The van der Waals surface area contributed by atoms with Crippen molar-refractivity contribution in [1.82, 2.24) is 0 Å². The molecule has 7 nitrogen and oxygen atoms in total. The van der Waals surface area contributed by atoms with E-state index in [9.17, 15) is 13.2 Å². The normalized spacial score (nSPS) is 19.3. The van der Waals surface area contributed by atoms with Gasteiger partial charge in [-0.15, -0.1) is 0 Å². The van der Waals surface area contributed by atoms with Crippen LogP contribution in [0.25, 0.3) is 5.57 Å². The Bertz CT molecular complexity index is 1420. The Kier molecular flexibility index (Phi) is 10.6. The molecule has 8 heteroatoms. The Labute approximate surface area is 231 Å². The molecule has 39 heavy (non-hydrogen) atoms. The average Bonchev–Trinajstić information content (AvgIpc) is 2.85. The third-order valence-electron chi connectivity index (χ3n) is 6.70. The van der Waals surface area contributed by atoms with Crippen molar-refractivity contribution in [1.29, 1.82) is 0 Å². The second-order valence-electron chi connectivity index (χ2n) is 9.92. The highest BCUT2D eigenvalue weighted by atomic mass is 32.2. The summed E-state index contributed by atoms with van der Waals surface area (Å²) in [7, 11) is -3.21. The highest BCUT2D eigenvalue weighted by Gasteiger charge is 2.15. The van der Waals surface area contributed by atoms with E-state index < -0.39 is 15.8 Å². The molecule has 3 N–H and O–H groups in total. The number of carboxylic acids is 1. The van der Waals surface area contributed by atoms with E-state index in [2.05, 4.69) is 28.2 Å². The van der Waals surface area contributed by atoms with Gasteiger partial charge in [0.1, 0.15) is 0 Å². The molecule has 1 aliphatic carbocycles. The van der Waals surface area contributed by atoms with Crippen molar-refractivity contribution in [3.63, 3.8) is 0 Å². The summed E-state index contributed by atoms with van der Waals surface area (Å²) in [5.41, 5.74) is 11.7. The minimum absolute atomic E-state index is 0.149. The molecule has 0 radical (unpaired) electrons. The van der Waals surface area contributed by atoms with E-state index in [1.54, 1.807) is 24.3 Å². The molecule has 1 aliphatic rings. The third-order valence-corrected chi connectivity index (χ3v) is 7.83. The highest BCUT2D eigenvalue weighted by molar-refractivity contribution is 7.90. The number of nitrogens with zero attached hydrogens (tertiary/aromatic N) is 2. The summed E-state index contributed by atoms with van der Waals surface area (Å²) in [5.74, 6) is -0.140. The highest BCUT2D eigenvalue weighted by Crippen LogP contribution is 2.32. The number of sulfone groups is 1. The fourth-order valence-electron chi connectivity index (χ4n) is 4.59. The number of nitrogens with two attached hydrogens (primary N) is 1. The van der Waals surface area contributed by atoms with Crippen LogP contribution < -0.4 is 5.73 Å². The second-order valence-corrected chi connectivity index (χ2v) is 11.9. The molecule has 0 aliphatic heterocycles. The lowest BCUT2D eigenvalue weighted by Crippen LogP contribution is -2.09. The van der Waals surface area contributed by atoms with Crippen LogP contribution in [0.1, 0.15) is 69.4 Å². The first-order valence-electron chi connectivity index (χ1n) is 13.1. The number of aliphatic carboxylic acids is 1. The summed E-state index contributed by atoms with van der Waals surface area (Å²) in [6.45, 7) is 3.80. The molecule has 0 saturated carbocycles. The predicted molar refractivity (Wildman–Crippen MR) is 159 cm³/mol. The molecular weight excluding hydrogens is 510 g/mol. The molecule has 3 rings (SSSR count). The number of guanidine groups is 1. The number of benzene rings is 2. The summed E-state index contributed by atoms with van der Waals surface area (Å²) >= 11 is 0. The summed E-state index contributed by atoms with van der Waals surface area (Å²) in [5, 5.41) is 9.03. The Morgan fingerprint density at radius 3 is 2.41 bits per heavy atom. The molecule has 0 heterocycles. The molecule has 0 spiro atoms. The Morgan fingerprint density at radius 2 is 1.77 bits per heavy atom. The van der Waals surface area contributed by atoms with E-state index in [0.29, 0.717) is 16.5 Å². The molecular formula is C31H37N3O4S. The molecule has 206 valence electrons. The minimum atomic E-state index is -3.21. The summed E-state index contributed by atoms with van der Waals surface area (Å²) < 4.78 is 23.3. The van der Waals surface area contributed by atoms with Gasteiger partial charge >= 0.3 is 5.97 Å². The van der Waals surface area contributed by atoms with Crippen molar-refractivity contribution in [3.05, 3.63) is 89.5 Å². The number of carbonyl (C=O) groups is 1. The Morgan fingerprint density at radius 1 is 1.08 bits per heavy atom. The lowest BCUT2D eigenvalue weighted by atomic mass is 9.86. The van der Waals surface area contributed by atoms with Crippen LogP contribution in [0, 0.1) is 0 Å². The van der Waals surface area contributed by atoms with Crippen LogP contribution in [-0.2, 0) is 14.6 Å². The van der Waals surface area contributed by atoms with E-state index in [4.69, 9.17) is 10.8 Å². The van der Waals surface area contributed by atoms with Crippen molar-refractivity contribution in [2.24, 2.45) is 15.7 Å². The van der Waals surface area contributed by atoms with E-state index in [1.165, 1.54) is 11.8 Å². The summed E-state index contributed by atoms with van der Waals surface area (Å²) in [6.07, 6.45) is 13.9. The van der Waals surface area contributed by atoms with Crippen LogP contribution in [0.2, 0.25) is 0 Å². The van der Waals surface area contributed by atoms with Gasteiger partial charge in [-0.1, -0.05) is 48.1 Å². The van der Waals surface area contributed by atoms with Crippen LogP contribution >= 0.6 is 0 Å². The van der Waals surface area contributed by atoms with Gasteiger partial charge in [0.05, 0.1) is 17.0 Å². The summed E-state index contributed by atoms with van der Waals surface area (Å²) in [4.78, 5) is 20.1. The zero-order chi connectivity index (χ0) is 28.4. The van der Waals surface area contributed by atoms with Gasteiger partial charge in [-0.3, -0.25) is 4.79 Å². The van der Waals surface area contributed by atoms with Crippen LogP contribution in [-0.4, -0.2) is 37.4 Å².